The minimum atomic E-state index is -1.22. The molecular formula is C11H8O3. The van der Waals surface area contributed by atoms with Crippen molar-refractivity contribution in [1.82, 2.24) is 0 Å². The maximum absolute atomic E-state index is 11.3. The lowest BCUT2D eigenvalue weighted by atomic mass is 10.1. The van der Waals surface area contributed by atoms with Gasteiger partial charge in [-0.05, 0) is 0 Å². The molecule has 0 aliphatic heterocycles. The normalized spacial score (nSPS) is 8.57. The van der Waals surface area contributed by atoms with Gasteiger partial charge in [-0.3, -0.25) is 4.79 Å². The molecule has 0 aromatic heterocycles. The van der Waals surface area contributed by atoms with Crippen LogP contribution >= 0.6 is 0 Å². The summed E-state index contributed by atoms with van der Waals surface area (Å²) in [5.74, 6) is 2.79. The van der Waals surface area contributed by atoms with Crippen molar-refractivity contribution in [2.45, 2.75) is 6.42 Å². The fourth-order valence-electron chi connectivity index (χ4n) is 0.926. The number of carboxylic acid groups (broad SMARTS) is 1. The van der Waals surface area contributed by atoms with Crippen LogP contribution in [0.15, 0.2) is 30.3 Å². The van der Waals surface area contributed by atoms with Gasteiger partial charge in [0.25, 0.3) is 0 Å². The standard InChI is InChI=1S/C11H8O3/c12-10(7-4-8-11(13)14)9-5-2-1-3-6-9/h1-3,5-6H,7H2,(H,13,14). The van der Waals surface area contributed by atoms with E-state index < -0.39 is 5.97 Å². The van der Waals surface area contributed by atoms with Gasteiger partial charge in [-0.25, -0.2) is 4.79 Å². The Morgan fingerprint density at radius 3 is 2.43 bits per heavy atom. The van der Waals surface area contributed by atoms with Gasteiger partial charge in [0.2, 0.25) is 0 Å². The second-order valence-electron chi connectivity index (χ2n) is 2.57. The van der Waals surface area contributed by atoms with Crippen LogP contribution < -0.4 is 0 Å². The Bertz CT molecular complexity index is 396. The van der Waals surface area contributed by atoms with Crippen molar-refractivity contribution in [2.24, 2.45) is 0 Å². The van der Waals surface area contributed by atoms with Gasteiger partial charge in [-0.1, -0.05) is 36.3 Å². The molecule has 0 bridgehead atoms. The molecule has 0 unspecified atom stereocenters. The van der Waals surface area contributed by atoms with Crippen molar-refractivity contribution < 1.29 is 14.7 Å². The average molecular weight is 188 g/mol. The first-order valence-corrected chi connectivity index (χ1v) is 4.00. The lowest BCUT2D eigenvalue weighted by Crippen LogP contribution is -1.97. The molecule has 0 fully saturated rings. The summed E-state index contributed by atoms with van der Waals surface area (Å²) in [5, 5.41) is 8.21. The largest absolute Gasteiger partial charge is 0.472 e. The Labute approximate surface area is 81.4 Å². The fraction of sp³-hybridized carbons (Fsp3) is 0.0909. The highest BCUT2D eigenvalue weighted by molar-refractivity contribution is 5.98. The van der Waals surface area contributed by atoms with Gasteiger partial charge in [0.1, 0.15) is 0 Å². The molecule has 1 aromatic carbocycles. The monoisotopic (exact) mass is 188 g/mol. The number of hydrogen-bond donors (Lipinski definition) is 1. The first-order chi connectivity index (χ1) is 6.70. The molecule has 0 atom stereocenters. The Hall–Kier alpha value is -2.08. The Kier molecular flexibility index (Phi) is 3.45. The van der Waals surface area contributed by atoms with E-state index in [1.165, 1.54) is 0 Å². The third-order valence-corrected chi connectivity index (χ3v) is 1.54. The van der Waals surface area contributed by atoms with E-state index in [0.717, 1.165) is 0 Å². The Morgan fingerprint density at radius 1 is 1.21 bits per heavy atom. The molecule has 70 valence electrons. The molecule has 1 aromatic rings. The van der Waals surface area contributed by atoms with E-state index in [0.29, 0.717) is 5.56 Å². The van der Waals surface area contributed by atoms with Crippen LogP contribution in [-0.4, -0.2) is 16.9 Å². The highest BCUT2D eigenvalue weighted by atomic mass is 16.4. The minimum absolute atomic E-state index is 0.0592. The van der Waals surface area contributed by atoms with Crippen LogP contribution in [0.1, 0.15) is 16.8 Å². The summed E-state index contributed by atoms with van der Waals surface area (Å²) < 4.78 is 0. The molecular weight excluding hydrogens is 180 g/mol. The summed E-state index contributed by atoms with van der Waals surface area (Å²) in [5.41, 5.74) is 0.548. The number of carboxylic acids is 1. The predicted octanol–water partition coefficient (Wildman–Crippen LogP) is 1.35. The number of rotatable bonds is 2. The lowest BCUT2D eigenvalue weighted by molar-refractivity contribution is -0.130. The molecule has 0 aliphatic carbocycles. The van der Waals surface area contributed by atoms with E-state index in [1.54, 1.807) is 30.3 Å². The van der Waals surface area contributed by atoms with Gasteiger partial charge in [0.15, 0.2) is 5.78 Å². The molecule has 0 heterocycles. The van der Waals surface area contributed by atoms with Crippen LogP contribution in [0.2, 0.25) is 0 Å². The van der Waals surface area contributed by atoms with Crippen LogP contribution in [-0.2, 0) is 4.79 Å². The SMILES string of the molecule is O=C(O)C#CCC(=O)c1ccccc1. The van der Waals surface area contributed by atoms with E-state index in [2.05, 4.69) is 5.92 Å². The van der Waals surface area contributed by atoms with Crippen molar-refractivity contribution in [3.63, 3.8) is 0 Å². The van der Waals surface area contributed by atoms with Crippen molar-refractivity contribution in [2.75, 3.05) is 0 Å². The smallest absolute Gasteiger partial charge is 0.381 e. The Balaban J connectivity index is 2.62. The molecule has 14 heavy (non-hydrogen) atoms. The van der Waals surface area contributed by atoms with E-state index in [4.69, 9.17) is 5.11 Å². The van der Waals surface area contributed by atoms with Gasteiger partial charge in [-0.2, -0.15) is 0 Å². The number of benzene rings is 1. The van der Waals surface area contributed by atoms with E-state index in [1.807, 2.05) is 5.92 Å². The third kappa shape index (κ3) is 3.11. The van der Waals surface area contributed by atoms with Crippen LogP contribution in [0, 0.1) is 11.8 Å². The third-order valence-electron chi connectivity index (χ3n) is 1.54. The summed E-state index contributed by atoms with van der Waals surface area (Å²) in [7, 11) is 0. The van der Waals surface area contributed by atoms with Crippen molar-refractivity contribution in [1.29, 1.82) is 0 Å². The summed E-state index contributed by atoms with van der Waals surface area (Å²) in [6, 6.07) is 8.64. The lowest BCUT2D eigenvalue weighted by Gasteiger charge is -1.93. The second kappa shape index (κ2) is 4.83. The van der Waals surface area contributed by atoms with Crippen molar-refractivity contribution in [3.8, 4) is 11.8 Å². The van der Waals surface area contributed by atoms with Crippen LogP contribution in [0.4, 0.5) is 0 Å². The second-order valence-corrected chi connectivity index (χ2v) is 2.57. The molecule has 0 spiro atoms. The minimum Gasteiger partial charge on any atom is -0.472 e. The number of carbonyl (C=O) groups excluding carboxylic acids is 1. The van der Waals surface area contributed by atoms with E-state index >= 15 is 0 Å². The highest BCUT2D eigenvalue weighted by Crippen LogP contribution is 2.01. The summed E-state index contributed by atoms with van der Waals surface area (Å²) >= 11 is 0. The number of aliphatic carboxylic acids is 1. The fourth-order valence-corrected chi connectivity index (χ4v) is 0.926. The quantitative estimate of drug-likeness (QED) is 0.563. The first kappa shape index (κ1) is 10.0. The van der Waals surface area contributed by atoms with Crippen LogP contribution in [0.5, 0.6) is 0 Å². The first-order valence-electron chi connectivity index (χ1n) is 4.00. The maximum Gasteiger partial charge on any atom is 0.381 e. The number of Topliss-reactive ketones (excluding diaryl/α,β-unsaturated/α-hetero) is 1. The zero-order valence-corrected chi connectivity index (χ0v) is 7.36. The van der Waals surface area contributed by atoms with Crippen LogP contribution in [0.25, 0.3) is 0 Å². The van der Waals surface area contributed by atoms with Crippen molar-refractivity contribution >= 4 is 11.8 Å². The summed E-state index contributed by atoms with van der Waals surface area (Å²) in [6.45, 7) is 0. The van der Waals surface area contributed by atoms with Gasteiger partial charge in [-0.15, -0.1) is 0 Å². The molecule has 0 saturated heterocycles. The number of hydrogen-bond acceptors (Lipinski definition) is 2. The highest BCUT2D eigenvalue weighted by Gasteiger charge is 2.01. The van der Waals surface area contributed by atoms with Crippen LogP contribution in [0.3, 0.4) is 0 Å². The average Bonchev–Trinajstić information content (AvgIpc) is 2.18. The predicted molar refractivity (Wildman–Crippen MR) is 50.8 cm³/mol. The molecule has 3 heteroatoms. The molecule has 1 N–H and O–H groups in total. The van der Waals surface area contributed by atoms with Gasteiger partial charge < -0.3 is 5.11 Å². The van der Waals surface area contributed by atoms with E-state index in [-0.39, 0.29) is 12.2 Å². The zero-order valence-electron chi connectivity index (χ0n) is 7.36. The topological polar surface area (TPSA) is 54.4 Å². The van der Waals surface area contributed by atoms with Crippen molar-refractivity contribution in [3.05, 3.63) is 35.9 Å². The summed E-state index contributed by atoms with van der Waals surface area (Å²) in [4.78, 5) is 21.4. The Morgan fingerprint density at radius 2 is 1.86 bits per heavy atom. The molecule has 3 nitrogen and oxygen atoms in total. The number of carbonyl (C=O) groups is 2. The maximum atomic E-state index is 11.3. The van der Waals surface area contributed by atoms with Gasteiger partial charge >= 0.3 is 5.97 Å². The van der Waals surface area contributed by atoms with Gasteiger partial charge in [0.05, 0.1) is 6.42 Å². The summed E-state index contributed by atoms with van der Waals surface area (Å²) in [6.07, 6.45) is -0.0592. The van der Waals surface area contributed by atoms with E-state index in [9.17, 15) is 9.59 Å². The molecule has 0 aliphatic rings. The molecule has 1 rings (SSSR count). The van der Waals surface area contributed by atoms with Gasteiger partial charge in [0, 0.05) is 11.5 Å². The zero-order chi connectivity index (χ0) is 10.4. The number of ketones is 1. The molecule has 0 radical (unpaired) electrons. The molecule has 0 amide bonds. The molecule has 0 saturated carbocycles.